The summed E-state index contributed by atoms with van der Waals surface area (Å²) < 4.78 is 10.8. The monoisotopic (exact) mass is 276 g/mol. The fraction of sp³-hybridized carbons (Fsp3) is 0.625. The van der Waals surface area contributed by atoms with Gasteiger partial charge in [-0.25, -0.2) is 0 Å². The SMILES string of the molecule is COc1ccc(N2C3CCCC2CC(N)C3)cc1OC. The minimum Gasteiger partial charge on any atom is -0.493 e. The highest BCUT2D eigenvalue weighted by Gasteiger charge is 2.37. The summed E-state index contributed by atoms with van der Waals surface area (Å²) in [5, 5.41) is 0. The van der Waals surface area contributed by atoms with Crippen molar-refractivity contribution in [1.82, 2.24) is 0 Å². The van der Waals surface area contributed by atoms with E-state index in [4.69, 9.17) is 15.2 Å². The largest absolute Gasteiger partial charge is 0.493 e. The van der Waals surface area contributed by atoms with Crippen LogP contribution in [0, 0.1) is 0 Å². The Balaban J connectivity index is 1.92. The Labute approximate surface area is 120 Å². The van der Waals surface area contributed by atoms with Crippen LogP contribution in [0.1, 0.15) is 32.1 Å². The van der Waals surface area contributed by atoms with Crippen LogP contribution in [-0.4, -0.2) is 32.3 Å². The van der Waals surface area contributed by atoms with Crippen molar-refractivity contribution in [3.63, 3.8) is 0 Å². The minimum atomic E-state index is 0.363. The fourth-order valence-corrected chi connectivity index (χ4v) is 3.83. The van der Waals surface area contributed by atoms with Gasteiger partial charge in [0.1, 0.15) is 0 Å². The predicted octanol–water partition coefficient (Wildman–Crippen LogP) is 2.55. The lowest BCUT2D eigenvalue weighted by atomic mass is 9.81. The zero-order valence-corrected chi connectivity index (χ0v) is 12.3. The van der Waals surface area contributed by atoms with Crippen LogP contribution >= 0.6 is 0 Å². The molecule has 0 aromatic heterocycles. The molecule has 0 aliphatic carbocycles. The zero-order chi connectivity index (χ0) is 14.1. The maximum Gasteiger partial charge on any atom is 0.162 e. The maximum atomic E-state index is 6.20. The van der Waals surface area contributed by atoms with Crippen molar-refractivity contribution in [3.8, 4) is 11.5 Å². The molecule has 4 heteroatoms. The lowest BCUT2D eigenvalue weighted by Crippen LogP contribution is -2.55. The van der Waals surface area contributed by atoms with E-state index < -0.39 is 0 Å². The second-order valence-electron chi connectivity index (χ2n) is 5.92. The van der Waals surface area contributed by atoms with Crippen LogP contribution in [0.2, 0.25) is 0 Å². The van der Waals surface area contributed by atoms with Crippen LogP contribution in [0.4, 0.5) is 5.69 Å². The number of anilines is 1. The van der Waals surface area contributed by atoms with Gasteiger partial charge in [-0.2, -0.15) is 0 Å². The van der Waals surface area contributed by atoms with Gasteiger partial charge in [-0.15, -0.1) is 0 Å². The molecule has 2 heterocycles. The first-order valence-corrected chi connectivity index (χ1v) is 7.49. The number of piperidine rings is 2. The first-order valence-electron chi connectivity index (χ1n) is 7.49. The van der Waals surface area contributed by atoms with Gasteiger partial charge in [-0.3, -0.25) is 0 Å². The van der Waals surface area contributed by atoms with Crippen LogP contribution in [0.15, 0.2) is 18.2 Å². The predicted molar refractivity (Wildman–Crippen MR) is 80.7 cm³/mol. The molecular weight excluding hydrogens is 252 g/mol. The van der Waals surface area contributed by atoms with E-state index in [0.717, 1.165) is 24.3 Å². The molecule has 2 atom stereocenters. The smallest absolute Gasteiger partial charge is 0.162 e. The third kappa shape index (κ3) is 2.33. The first-order chi connectivity index (χ1) is 9.72. The van der Waals surface area contributed by atoms with Crippen molar-refractivity contribution in [2.45, 2.75) is 50.2 Å². The Morgan fingerprint density at radius 2 is 1.70 bits per heavy atom. The fourth-order valence-electron chi connectivity index (χ4n) is 3.83. The number of nitrogens with zero attached hydrogens (tertiary/aromatic N) is 1. The summed E-state index contributed by atoms with van der Waals surface area (Å²) in [7, 11) is 3.36. The summed E-state index contributed by atoms with van der Waals surface area (Å²) in [6.07, 6.45) is 6.03. The molecule has 2 saturated heterocycles. The second kappa shape index (κ2) is 5.52. The van der Waals surface area contributed by atoms with E-state index in [2.05, 4.69) is 17.0 Å². The lowest BCUT2D eigenvalue weighted by molar-refractivity contribution is 0.271. The molecule has 4 nitrogen and oxygen atoms in total. The van der Waals surface area contributed by atoms with Crippen molar-refractivity contribution >= 4 is 5.69 Å². The van der Waals surface area contributed by atoms with Gasteiger partial charge < -0.3 is 20.1 Å². The highest BCUT2D eigenvalue weighted by atomic mass is 16.5. The van der Waals surface area contributed by atoms with Crippen LogP contribution in [0.25, 0.3) is 0 Å². The minimum absolute atomic E-state index is 0.363. The molecule has 2 N–H and O–H groups in total. The number of hydrogen-bond acceptors (Lipinski definition) is 4. The Kier molecular flexibility index (Phi) is 3.74. The molecule has 2 bridgehead atoms. The molecule has 1 aromatic carbocycles. The summed E-state index contributed by atoms with van der Waals surface area (Å²) >= 11 is 0. The summed E-state index contributed by atoms with van der Waals surface area (Å²) in [6.45, 7) is 0. The van der Waals surface area contributed by atoms with Gasteiger partial charge in [-0.1, -0.05) is 0 Å². The molecule has 3 rings (SSSR count). The molecule has 0 amide bonds. The van der Waals surface area contributed by atoms with Crippen molar-refractivity contribution in [2.24, 2.45) is 5.73 Å². The van der Waals surface area contributed by atoms with Crippen molar-refractivity contribution in [1.29, 1.82) is 0 Å². The maximum absolute atomic E-state index is 6.20. The van der Waals surface area contributed by atoms with E-state index >= 15 is 0 Å². The van der Waals surface area contributed by atoms with E-state index in [1.807, 2.05) is 6.07 Å². The molecule has 0 radical (unpaired) electrons. The standard InChI is InChI=1S/C16H24N2O2/c1-19-15-7-6-14(10-16(15)20-2)18-12-4-3-5-13(18)9-11(17)8-12/h6-7,10-13H,3-5,8-9,17H2,1-2H3. The average Bonchev–Trinajstić information content (AvgIpc) is 2.45. The van der Waals surface area contributed by atoms with Crippen molar-refractivity contribution in [2.75, 3.05) is 19.1 Å². The van der Waals surface area contributed by atoms with Crippen LogP contribution in [-0.2, 0) is 0 Å². The lowest BCUT2D eigenvalue weighted by Gasteiger charge is -2.49. The molecule has 20 heavy (non-hydrogen) atoms. The summed E-state index contributed by atoms with van der Waals surface area (Å²) in [6, 6.07) is 7.76. The van der Waals surface area contributed by atoms with Gasteiger partial charge in [0.2, 0.25) is 0 Å². The van der Waals surface area contributed by atoms with Gasteiger partial charge in [-0.05, 0) is 44.2 Å². The van der Waals surface area contributed by atoms with Crippen LogP contribution in [0.3, 0.4) is 0 Å². The summed E-state index contributed by atoms with van der Waals surface area (Å²) in [5.74, 6) is 1.59. The third-order valence-electron chi connectivity index (χ3n) is 4.68. The molecular formula is C16H24N2O2. The number of nitrogens with two attached hydrogens (primary N) is 1. The van der Waals surface area contributed by atoms with E-state index in [1.165, 1.54) is 24.9 Å². The highest BCUT2D eigenvalue weighted by Crippen LogP contribution is 2.40. The molecule has 110 valence electrons. The van der Waals surface area contributed by atoms with Crippen LogP contribution in [0.5, 0.6) is 11.5 Å². The third-order valence-corrected chi connectivity index (χ3v) is 4.68. The number of benzene rings is 1. The topological polar surface area (TPSA) is 47.7 Å². The van der Waals surface area contributed by atoms with Gasteiger partial charge in [0.25, 0.3) is 0 Å². The van der Waals surface area contributed by atoms with Gasteiger partial charge in [0, 0.05) is 29.9 Å². The van der Waals surface area contributed by atoms with Gasteiger partial charge in [0.05, 0.1) is 14.2 Å². The number of fused-ring (bicyclic) bond motifs is 2. The molecule has 2 fully saturated rings. The Morgan fingerprint density at radius 3 is 2.30 bits per heavy atom. The highest BCUT2D eigenvalue weighted by molar-refractivity contribution is 5.58. The molecule has 2 unspecified atom stereocenters. The van der Waals surface area contributed by atoms with E-state index in [1.54, 1.807) is 14.2 Å². The van der Waals surface area contributed by atoms with E-state index in [0.29, 0.717) is 18.1 Å². The average molecular weight is 276 g/mol. The van der Waals surface area contributed by atoms with E-state index in [-0.39, 0.29) is 0 Å². The second-order valence-corrected chi connectivity index (χ2v) is 5.92. The van der Waals surface area contributed by atoms with Gasteiger partial charge in [0.15, 0.2) is 11.5 Å². The molecule has 2 aliphatic rings. The number of methoxy groups -OCH3 is 2. The molecule has 2 aliphatic heterocycles. The molecule has 1 aromatic rings. The van der Waals surface area contributed by atoms with Crippen LogP contribution < -0.4 is 20.1 Å². The Bertz CT molecular complexity index is 464. The normalized spacial score (nSPS) is 29.1. The molecule has 0 spiro atoms. The summed E-state index contributed by atoms with van der Waals surface area (Å²) in [4.78, 5) is 2.56. The van der Waals surface area contributed by atoms with Crippen molar-refractivity contribution in [3.05, 3.63) is 18.2 Å². The Hall–Kier alpha value is -1.42. The molecule has 0 saturated carbocycles. The number of hydrogen-bond donors (Lipinski definition) is 1. The first kappa shape index (κ1) is 13.6. The summed E-state index contributed by atoms with van der Waals surface area (Å²) in [5.41, 5.74) is 7.44. The number of ether oxygens (including phenoxy) is 2. The quantitative estimate of drug-likeness (QED) is 0.921. The van der Waals surface area contributed by atoms with Gasteiger partial charge >= 0.3 is 0 Å². The van der Waals surface area contributed by atoms with Crippen molar-refractivity contribution < 1.29 is 9.47 Å². The Morgan fingerprint density at radius 1 is 1.05 bits per heavy atom. The zero-order valence-electron chi connectivity index (χ0n) is 12.3. The van der Waals surface area contributed by atoms with E-state index in [9.17, 15) is 0 Å². The number of rotatable bonds is 3.